The first-order chi connectivity index (χ1) is 13.0. The summed E-state index contributed by atoms with van der Waals surface area (Å²) in [6, 6.07) is 13.3. The number of hydrogen-bond acceptors (Lipinski definition) is 4. The molecule has 27 heavy (non-hydrogen) atoms. The van der Waals surface area contributed by atoms with E-state index in [1.807, 2.05) is 0 Å². The van der Waals surface area contributed by atoms with Crippen molar-refractivity contribution in [2.45, 2.75) is 13.3 Å². The minimum atomic E-state index is -0.409. The number of benzene rings is 2. The zero-order valence-corrected chi connectivity index (χ0v) is 14.7. The molecule has 0 fully saturated rings. The van der Waals surface area contributed by atoms with Crippen molar-refractivity contribution in [2.24, 2.45) is 0 Å². The highest BCUT2D eigenvalue weighted by Gasteiger charge is 2.11. The summed E-state index contributed by atoms with van der Waals surface area (Å²) in [6.07, 6.45) is 0.681. The second-order valence-electron chi connectivity index (χ2n) is 5.95. The maximum absolute atomic E-state index is 13.0. The van der Waals surface area contributed by atoms with Crippen LogP contribution in [0.15, 0.2) is 54.6 Å². The Kier molecular flexibility index (Phi) is 5.71. The Bertz CT molecular complexity index is 928. The first kappa shape index (κ1) is 18.4. The molecule has 0 aliphatic rings. The van der Waals surface area contributed by atoms with Gasteiger partial charge in [0.25, 0.3) is 5.91 Å². The van der Waals surface area contributed by atoms with Crippen LogP contribution in [0, 0.1) is 18.6 Å². The van der Waals surface area contributed by atoms with Gasteiger partial charge in [-0.3, -0.25) is 4.79 Å². The minimum absolute atomic E-state index is 0.205. The predicted octanol–water partition coefficient (Wildman–Crippen LogP) is 3.97. The van der Waals surface area contributed by atoms with Crippen molar-refractivity contribution < 1.29 is 13.6 Å². The van der Waals surface area contributed by atoms with E-state index in [2.05, 4.69) is 20.6 Å². The Hall–Kier alpha value is -3.35. The van der Waals surface area contributed by atoms with Crippen molar-refractivity contribution in [1.82, 2.24) is 9.97 Å². The van der Waals surface area contributed by atoms with Crippen molar-refractivity contribution in [3.8, 4) is 0 Å². The molecule has 2 N–H and O–H groups in total. The highest BCUT2D eigenvalue weighted by atomic mass is 19.1. The number of carbonyl (C=O) groups excluding carboxylic acids is 1. The molecule has 1 amide bonds. The summed E-state index contributed by atoms with van der Waals surface area (Å²) in [5, 5.41) is 5.81. The van der Waals surface area contributed by atoms with Gasteiger partial charge in [-0.05, 0) is 55.3 Å². The molecule has 0 saturated carbocycles. The molecule has 138 valence electrons. The van der Waals surface area contributed by atoms with Crippen molar-refractivity contribution in [1.29, 1.82) is 0 Å². The van der Waals surface area contributed by atoms with Gasteiger partial charge in [-0.25, -0.2) is 18.7 Å². The van der Waals surface area contributed by atoms with Crippen LogP contribution in [0.5, 0.6) is 0 Å². The fourth-order valence-corrected chi connectivity index (χ4v) is 2.49. The van der Waals surface area contributed by atoms with Gasteiger partial charge in [-0.1, -0.05) is 12.1 Å². The standard InChI is InChI=1S/C20H18F2N4O/c1-13-24-18(20(27)26-17-8-6-16(22)7-9-17)12-19(25-13)23-11-10-14-2-4-15(21)5-3-14/h2-9,12H,10-11H2,1H3,(H,26,27)(H,23,24,25). The zero-order valence-electron chi connectivity index (χ0n) is 14.7. The Morgan fingerprint density at radius 2 is 1.59 bits per heavy atom. The maximum Gasteiger partial charge on any atom is 0.274 e. The highest BCUT2D eigenvalue weighted by molar-refractivity contribution is 6.03. The number of nitrogens with zero attached hydrogens (tertiary/aromatic N) is 2. The maximum atomic E-state index is 13.0. The molecular weight excluding hydrogens is 350 g/mol. The fraction of sp³-hybridized carbons (Fsp3) is 0.150. The number of aryl methyl sites for hydroxylation is 1. The number of hydrogen-bond donors (Lipinski definition) is 2. The van der Waals surface area contributed by atoms with Crippen LogP contribution in [0.1, 0.15) is 21.9 Å². The van der Waals surface area contributed by atoms with E-state index >= 15 is 0 Å². The normalized spacial score (nSPS) is 10.5. The van der Waals surface area contributed by atoms with Gasteiger partial charge in [0.2, 0.25) is 0 Å². The van der Waals surface area contributed by atoms with Crippen LogP contribution in [0.3, 0.4) is 0 Å². The number of carbonyl (C=O) groups is 1. The minimum Gasteiger partial charge on any atom is -0.370 e. The molecule has 3 aromatic rings. The molecule has 5 nitrogen and oxygen atoms in total. The van der Waals surface area contributed by atoms with Crippen molar-refractivity contribution in [3.05, 3.63) is 83.3 Å². The lowest BCUT2D eigenvalue weighted by molar-refractivity contribution is 0.102. The zero-order chi connectivity index (χ0) is 19.2. The van der Waals surface area contributed by atoms with E-state index in [9.17, 15) is 13.6 Å². The molecular formula is C20H18F2N4O. The third-order valence-electron chi connectivity index (χ3n) is 3.81. The fourth-order valence-electron chi connectivity index (χ4n) is 2.49. The molecule has 0 radical (unpaired) electrons. The lowest BCUT2D eigenvalue weighted by atomic mass is 10.1. The van der Waals surface area contributed by atoms with Crippen LogP contribution in [0.4, 0.5) is 20.3 Å². The summed E-state index contributed by atoms with van der Waals surface area (Å²) in [7, 11) is 0. The Labute approximate surface area is 155 Å². The molecule has 7 heteroatoms. The molecule has 0 aliphatic heterocycles. The van der Waals surface area contributed by atoms with Crippen LogP contribution in [-0.4, -0.2) is 22.4 Å². The average molecular weight is 368 g/mol. The number of amides is 1. The molecule has 1 heterocycles. The number of nitrogens with one attached hydrogen (secondary N) is 2. The van der Waals surface area contributed by atoms with Gasteiger partial charge in [0.1, 0.15) is 29.0 Å². The SMILES string of the molecule is Cc1nc(NCCc2ccc(F)cc2)cc(C(=O)Nc2ccc(F)cc2)n1. The lowest BCUT2D eigenvalue weighted by Gasteiger charge is -2.09. The molecule has 0 atom stereocenters. The number of anilines is 2. The van der Waals surface area contributed by atoms with E-state index < -0.39 is 5.91 Å². The van der Waals surface area contributed by atoms with Crippen LogP contribution in [0.25, 0.3) is 0 Å². The predicted molar refractivity (Wildman–Crippen MR) is 99.7 cm³/mol. The van der Waals surface area contributed by atoms with Crippen LogP contribution in [0.2, 0.25) is 0 Å². The van der Waals surface area contributed by atoms with E-state index in [0.29, 0.717) is 30.3 Å². The van der Waals surface area contributed by atoms with Crippen LogP contribution >= 0.6 is 0 Å². The van der Waals surface area contributed by atoms with E-state index in [4.69, 9.17) is 0 Å². The summed E-state index contributed by atoms with van der Waals surface area (Å²) >= 11 is 0. The van der Waals surface area contributed by atoms with E-state index in [1.165, 1.54) is 36.4 Å². The van der Waals surface area contributed by atoms with Gasteiger partial charge in [0, 0.05) is 18.3 Å². The highest BCUT2D eigenvalue weighted by Crippen LogP contribution is 2.12. The average Bonchev–Trinajstić information content (AvgIpc) is 2.65. The smallest absolute Gasteiger partial charge is 0.274 e. The third kappa shape index (κ3) is 5.31. The Balaban J connectivity index is 1.63. The van der Waals surface area contributed by atoms with Gasteiger partial charge in [-0.15, -0.1) is 0 Å². The van der Waals surface area contributed by atoms with Gasteiger partial charge < -0.3 is 10.6 Å². The molecule has 2 aromatic carbocycles. The van der Waals surface area contributed by atoms with Crippen molar-refractivity contribution >= 4 is 17.4 Å². The third-order valence-corrected chi connectivity index (χ3v) is 3.81. The van der Waals surface area contributed by atoms with Gasteiger partial charge in [-0.2, -0.15) is 0 Å². The summed E-state index contributed by atoms with van der Waals surface area (Å²) in [5.41, 5.74) is 1.67. The molecule has 1 aromatic heterocycles. The van der Waals surface area contributed by atoms with E-state index in [-0.39, 0.29) is 17.3 Å². The lowest BCUT2D eigenvalue weighted by Crippen LogP contribution is -2.16. The number of rotatable bonds is 6. The monoisotopic (exact) mass is 368 g/mol. The topological polar surface area (TPSA) is 66.9 Å². The largest absolute Gasteiger partial charge is 0.370 e. The number of halogens is 2. The van der Waals surface area contributed by atoms with E-state index in [0.717, 1.165) is 5.56 Å². The van der Waals surface area contributed by atoms with Gasteiger partial charge >= 0.3 is 0 Å². The first-order valence-electron chi connectivity index (χ1n) is 8.40. The van der Waals surface area contributed by atoms with Crippen molar-refractivity contribution in [3.63, 3.8) is 0 Å². The second kappa shape index (κ2) is 8.35. The molecule has 3 rings (SSSR count). The van der Waals surface area contributed by atoms with Crippen molar-refractivity contribution in [2.75, 3.05) is 17.2 Å². The summed E-state index contributed by atoms with van der Waals surface area (Å²) in [6.45, 7) is 2.26. The quantitative estimate of drug-likeness (QED) is 0.691. The second-order valence-corrected chi connectivity index (χ2v) is 5.95. The van der Waals surface area contributed by atoms with Crippen LogP contribution < -0.4 is 10.6 Å². The first-order valence-corrected chi connectivity index (χ1v) is 8.40. The van der Waals surface area contributed by atoms with Gasteiger partial charge in [0.05, 0.1) is 0 Å². The molecule has 0 saturated heterocycles. The summed E-state index contributed by atoms with van der Waals surface area (Å²) in [5.74, 6) is -0.0814. The summed E-state index contributed by atoms with van der Waals surface area (Å²) in [4.78, 5) is 20.8. The molecule has 0 aliphatic carbocycles. The van der Waals surface area contributed by atoms with Gasteiger partial charge in [0.15, 0.2) is 0 Å². The summed E-state index contributed by atoms with van der Waals surface area (Å²) < 4.78 is 25.9. The van der Waals surface area contributed by atoms with E-state index in [1.54, 1.807) is 25.1 Å². The molecule has 0 bridgehead atoms. The Morgan fingerprint density at radius 3 is 2.26 bits per heavy atom. The molecule has 0 unspecified atom stereocenters. The number of aromatic nitrogens is 2. The van der Waals surface area contributed by atoms with Crippen LogP contribution in [-0.2, 0) is 6.42 Å². The Morgan fingerprint density at radius 1 is 0.963 bits per heavy atom. The molecule has 0 spiro atoms.